The van der Waals surface area contributed by atoms with Crippen molar-refractivity contribution in [3.63, 3.8) is 0 Å². The van der Waals surface area contributed by atoms with Crippen LogP contribution in [0.1, 0.15) is 46.1 Å². The first-order chi connectivity index (χ1) is 9.99. The van der Waals surface area contributed by atoms with Gasteiger partial charge in [0, 0.05) is 37.4 Å². The molecule has 1 fully saturated rings. The molecule has 21 heavy (non-hydrogen) atoms. The van der Waals surface area contributed by atoms with E-state index in [-0.39, 0.29) is 11.4 Å². The van der Waals surface area contributed by atoms with Gasteiger partial charge in [-0.25, -0.2) is 4.39 Å². The Balaban J connectivity index is 2.18. The van der Waals surface area contributed by atoms with Gasteiger partial charge in [0.1, 0.15) is 5.82 Å². The van der Waals surface area contributed by atoms with Gasteiger partial charge in [-0.15, -0.1) is 0 Å². The number of nitrogens with zero attached hydrogens (tertiary/aromatic N) is 2. The van der Waals surface area contributed by atoms with Crippen LogP contribution in [0.3, 0.4) is 0 Å². The fraction of sp³-hybridized carbons (Fsp3) is 0.706. The first-order valence-electron chi connectivity index (χ1n) is 8.08. The largest absolute Gasteiger partial charge is 0.308 e. The van der Waals surface area contributed by atoms with Crippen molar-refractivity contribution in [3.8, 4) is 0 Å². The number of aromatic nitrogens is 1. The van der Waals surface area contributed by atoms with E-state index in [1.165, 1.54) is 6.20 Å². The summed E-state index contributed by atoms with van der Waals surface area (Å²) < 4.78 is 13.4. The molecule has 0 saturated carbocycles. The van der Waals surface area contributed by atoms with E-state index in [4.69, 9.17) is 0 Å². The lowest BCUT2D eigenvalue weighted by Gasteiger charge is -2.49. The van der Waals surface area contributed by atoms with E-state index in [1.807, 2.05) is 0 Å². The molecule has 1 N–H and O–H groups in total. The van der Waals surface area contributed by atoms with Gasteiger partial charge in [0.15, 0.2) is 0 Å². The fourth-order valence-corrected chi connectivity index (χ4v) is 3.34. The summed E-state index contributed by atoms with van der Waals surface area (Å²) in [6.45, 7) is 11.8. The standard InChI is InChI=1S/C17H28FN3/c1-5-17(6-2)12-21(16(10-20-17)13(3)4)11-14-7-15(18)9-19-8-14/h7-9,13,16,20H,5-6,10-12H2,1-4H3. The van der Waals surface area contributed by atoms with E-state index in [0.717, 1.165) is 38.0 Å². The van der Waals surface area contributed by atoms with E-state index in [0.29, 0.717) is 12.0 Å². The zero-order valence-electron chi connectivity index (χ0n) is 13.7. The first kappa shape index (κ1) is 16.4. The van der Waals surface area contributed by atoms with Crippen molar-refractivity contribution in [1.82, 2.24) is 15.2 Å². The van der Waals surface area contributed by atoms with Gasteiger partial charge in [0.05, 0.1) is 6.20 Å². The van der Waals surface area contributed by atoms with Crippen LogP contribution >= 0.6 is 0 Å². The molecular formula is C17H28FN3. The predicted octanol–water partition coefficient (Wildman–Crippen LogP) is 3.21. The Morgan fingerprint density at radius 3 is 2.67 bits per heavy atom. The van der Waals surface area contributed by atoms with Crippen LogP contribution in [-0.2, 0) is 6.54 Å². The average Bonchev–Trinajstić information content (AvgIpc) is 2.47. The van der Waals surface area contributed by atoms with Crippen LogP contribution < -0.4 is 5.32 Å². The molecule has 2 heterocycles. The highest BCUT2D eigenvalue weighted by Gasteiger charge is 2.37. The molecule has 0 aliphatic carbocycles. The molecule has 1 aromatic rings. The number of halogens is 1. The van der Waals surface area contributed by atoms with Crippen molar-refractivity contribution in [2.75, 3.05) is 13.1 Å². The summed E-state index contributed by atoms with van der Waals surface area (Å²) in [6.07, 6.45) is 5.28. The normalized spacial score (nSPS) is 22.7. The summed E-state index contributed by atoms with van der Waals surface area (Å²) in [5.41, 5.74) is 1.15. The molecule has 1 unspecified atom stereocenters. The molecule has 2 rings (SSSR count). The monoisotopic (exact) mass is 293 g/mol. The van der Waals surface area contributed by atoms with Crippen molar-refractivity contribution in [3.05, 3.63) is 29.8 Å². The van der Waals surface area contributed by atoms with Crippen LogP contribution in [0.25, 0.3) is 0 Å². The third kappa shape index (κ3) is 3.80. The minimum Gasteiger partial charge on any atom is -0.308 e. The quantitative estimate of drug-likeness (QED) is 0.903. The van der Waals surface area contributed by atoms with Crippen molar-refractivity contribution >= 4 is 0 Å². The number of nitrogens with one attached hydrogen (secondary N) is 1. The van der Waals surface area contributed by atoms with E-state index >= 15 is 0 Å². The Morgan fingerprint density at radius 2 is 2.10 bits per heavy atom. The van der Waals surface area contributed by atoms with Gasteiger partial charge in [0.25, 0.3) is 0 Å². The molecular weight excluding hydrogens is 265 g/mol. The lowest BCUT2D eigenvalue weighted by Crippen LogP contribution is -2.64. The number of hydrogen-bond donors (Lipinski definition) is 1. The second kappa shape index (κ2) is 6.84. The van der Waals surface area contributed by atoms with Gasteiger partial charge in [0.2, 0.25) is 0 Å². The molecule has 3 nitrogen and oxygen atoms in total. The zero-order chi connectivity index (χ0) is 15.5. The van der Waals surface area contributed by atoms with Gasteiger partial charge in [-0.05, 0) is 30.4 Å². The molecule has 1 aliphatic heterocycles. The summed E-state index contributed by atoms with van der Waals surface area (Å²) in [6, 6.07) is 2.09. The van der Waals surface area contributed by atoms with Gasteiger partial charge in [-0.1, -0.05) is 27.7 Å². The predicted molar refractivity (Wildman–Crippen MR) is 84.5 cm³/mol. The number of hydrogen-bond acceptors (Lipinski definition) is 3. The van der Waals surface area contributed by atoms with Crippen molar-refractivity contribution < 1.29 is 4.39 Å². The maximum atomic E-state index is 13.4. The SMILES string of the molecule is CCC1(CC)CN(Cc2cncc(F)c2)C(C(C)C)CN1. The molecule has 0 spiro atoms. The minimum absolute atomic E-state index is 0.187. The van der Waals surface area contributed by atoms with E-state index in [2.05, 4.69) is 42.9 Å². The molecule has 1 aromatic heterocycles. The van der Waals surface area contributed by atoms with E-state index < -0.39 is 0 Å². The summed E-state index contributed by atoms with van der Waals surface area (Å²) >= 11 is 0. The molecule has 4 heteroatoms. The van der Waals surface area contributed by atoms with E-state index in [9.17, 15) is 4.39 Å². The highest BCUT2D eigenvalue weighted by Crippen LogP contribution is 2.27. The number of rotatable bonds is 5. The Kier molecular flexibility index (Phi) is 5.33. The minimum atomic E-state index is -0.249. The van der Waals surface area contributed by atoms with Gasteiger partial charge < -0.3 is 5.32 Å². The summed E-state index contributed by atoms with van der Waals surface area (Å²) in [5.74, 6) is 0.326. The Bertz CT molecular complexity index is 457. The van der Waals surface area contributed by atoms with Crippen molar-refractivity contribution in [2.24, 2.45) is 5.92 Å². The highest BCUT2D eigenvalue weighted by molar-refractivity contribution is 5.11. The third-order valence-electron chi connectivity index (χ3n) is 4.93. The summed E-state index contributed by atoms with van der Waals surface area (Å²) in [7, 11) is 0. The van der Waals surface area contributed by atoms with Gasteiger partial charge in [-0.2, -0.15) is 0 Å². The first-order valence-corrected chi connectivity index (χ1v) is 8.08. The Morgan fingerprint density at radius 1 is 1.38 bits per heavy atom. The highest BCUT2D eigenvalue weighted by atomic mass is 19.1. The maximum absolute atomic E-state index is 13.4. The van der Waals surface area contributed by atoms with Crippen LogP contribution in [-0.4, -0.2) is 34.6 Å². The van der Waals surface area contributed by atoms with Crippen LogP contribution in [0.4, 0.5) is 4.39 Å². The molecule has 0 amide bonds. The van der Waals surface area contributed by atoms with Crippen LogP contribution in [0.15, 0.2) is 18.5 Å². The van der Waals surface area contributed by atoms with Gasteiger partial charge >= 0.3 is 0 Å². The smallest absolute Gasteiger partial charge is 0.141 e. The van der Waals surface area contributed by atoms with Gasteiger partial charge in [-0.3, -0.25) is 9.88 Å². The molecule has 1 atom stereocenters. The summed E-state index contributed by atoms with van der Waals surface area (Å²) in [5, 5.41) is 3.76. The van der Waals surface area contributed by atoms with E-state index in [1.54, 1.807) is 12.3 Å². The average molecular weight is 293 g/mol. The maximum Gasteiger partial charge on any atom is 0.141 e. The van der Waals surface area contributed by atoms with Crippen LogP contribution in [0, 0.1) is 11.7 Å². The van der Waals surface area contributed by atoms with Crippen molar-refractivity contribution in [2.45, 2.75) is 58.7 Å². The van der Waals surface area contributed by atoms with Crippen LogP contribution in [0.2, 0.25) is 0 Å². The Labute approximate surface area is 127 Å². The molecule has 0 radical (unpaired) electrons. The lowest BCUT2D eigenvalue weighted by atomic mass is 9.86. The zero-order valence-corrected chi connectivity index (χ0v) is 13.7. The second-order valence-corrected chi connectivity index (χ2v) is 6.60. The second-order valence-electron chi connectivity index (χ2n) is 6.60. The molecule has 1 saturated heterocycles. The Hall–Kier alpha value is -1.00. The molecule has 0 bridgehead atoms. The van der Waals surface area contributed by atoms with Crippen molar-refractivity contribution in [1.29, 1.82) is 0 Å². The number of piperazine rings is 1. The molecule has 1 aliphatic rings. The summed E-state index contributed by atoms with van der Waals surface area (Å²) in [4.78, 5) is 6.48. The lowest BCUT2D eigenvalue weighted by molar-refractivity contribution is 0.0442. The molecule has 0 aromatic carbocycles. The number of pyridine rings is 1. The topological polar surface area (TPSA) is 28.2 Å². The molecule has 118 valence electrons. The third-order valence-corrected chi connectivity index (χ3v) is 4.93. The fourth-order valence-electron chi connectivity index (χ4n) is 3.34. The van der Waals surface area contributed by atoms with Crippen LogP contribution in [0.5, 0.6) is 0 Å².